The lowest BCUT2D eigenvalue weighted by molar-refractivity contribution is -0.645. The van der Waals surface area contributed by atoms with E-state index in [1.165, 1.54) is 21.9 Å². The highest BCUT2D eigenvalue weighted by Crippen LogP contribution is 2.42. The summed E-state index contributed by atoms with van der Waals surface area (Å²) in [5.41, 5.74) is 7.87. The lowest BCUT2D eigenvalue weighted by Crippen LogP contribution is -2.25. The fraction of sp³-hybridized carbons (Fsp3) is 0.231. The van der Waals surface area contributed by atoms with Gasteiger partial charge in [0.05, 0.1) is 18.1 Å². The predicted molar refractivity (Wildman–Crippen MR) is 181 cm³/mol. The minimum Gasteiger partial charge on any atom is -0.457 e. The van der Waals surface area contributed by atoms with Crippen LogP contribution in [0.5, 0.6) is 11.5 Å². The van der Waals surface area contributed by atoms with Gasteiger partial charge in [-0.2, -0.15) is 4.57 Å². The summed E-state index contributed by atoms with van der Waals surface area (Å²) < 4.78 is 13.5. The summed E-state index contributed by atoms with van der Waals surface area (Å²) in [6, 6.07) is 34.3. The highest BCUT2D eigenvalue weighted by atomic mass is 16.5. The number of para-hydroxylation sites is 3. The van der Waals surface area contributed by atoms with Gasteiger partial charge in [-0.3, -0.25) is 4.57 Å². The van der Waals surface area contributed by atoms with Crippen molar-refractivity contribution in [1.82, 2.24) is 14.1 Å². The average molecular weight is 580 g/mol. The van der Waals surface area contributed by atoms with Crippen molar-refractivity contribution in [3.63, 3.8) is 0 Å². The largest absolute Gasteiger partial charge is 0.457 e. The number of nitrogens with zero attached hydrogens (tertiary/aromatic N) is 4. The summed E-state index contributed by atoms with van der Waals surface area (Å²) in [6.07, 6.45) is 4.04. The molecule has 220 valence electrons. The van der Waals surface area contributed by atoms with E-state index >= 15 is 0 Å². The Morgan fingerprint density at radius 3 is 2.20 bits per heavy atom. The normalized spacial score (nSPS) is 12.4. The zero-order valence-electron chi connectivity index (χ0n) is 26.6. The highest BCUT2D eigenvalue weighted by molar-refractivity contribution is 6.10. The van der Waals surface area contributed by atoms with Crippen LogP contribution in [0.3, 0.4) is 0 Å². The number of hydrogen-bond donors (Lipinski definition) is 0. The van der Waals surface area contributed by atoms with Crippen molar-refractivity contribution in [3.05, 3.63) is 121 Å². The summed E-state index contributed by atoms with van der Waals surface area (Å²) >= 11 is 0. The highest BCUT2D eigenvalue weighted by Gasteiger charge is 2.25. The third-order valence-electron chi connectivity index (χ3n) is 8.56. The molecule has 5 nitrogen and oxygen atoms in total. The molecule has 5 heteroatoms. The quantitative estimate of drug-likeness (QED) is 0.195. The summed E-state index contributed by atoms with van der Waals surface area (Å²) in [5, 5.41) is 2.40. The molecule has 0 atom stereocenters. The fourth-order valence-corrected chi connectivity index (χ4v) is 6.21. The molecule has 0 bridgehead atoms. The van der Waals surface area contributed by atoms with Crippen LogP contribution < -0.4 is 9.30 Å². The van der Waals surface area contributed by atoms with Crippen LogP contribution in [0.15, 0.2) is 110 Å². The van der Waals surface area contributed by atoms with Crippen molar-refractivity contribution in [2.45, 2.75) is 52.4 Å². The topological polar surface area (TPSA) is 35.9 Å². The number of imidazole rings is 1. The molecule has 0 fully saturated rings. The molecule has 0 amide bonds. The Hall–Kier alpha value is -4.90. The Balaban J connectivity index is 1.42. The fourth-order valence-electron chi connectivity index (χ4n) is 6.21. The second-order valence-corrected chi connectivity index (χ2v) is 13.8. The molecule has 44 heavy (non-hydrogen) atoms. The van der Waals surface area contributed by atoms with E-state index in [1.54, 1.807) is 0 Å². The average Bonchev–Trinajstić information content (AvgIpc) is 3.50. The first-order valence-electron chi connectivity index (χ1n) is 15.3. The van der Waals surface area contributed by atoms with Crippen molar-refractivity contribution in [3.8, 4) is 23.0 Å². The van der Waals surface area contributed by atoms with Gasteiger partial charge in [0.1, 0.15) is 23.0 Å². The third-order valence-corrected chi connectivity index (χ3v) is 8.56. The molecule has 0 spiro atoms. The Kier molecular flexibility index (Phi) is 6.40. The van der Waals surface area contributed by atoms with Crippen LogP contribution in [0, 0.1) is 0 Å². The van der Waals surface area contributed by atoms with Crippen LogP contribution in [-0.2, 0) is 17.9 Å². The molecule has 0 aliphatic heterocycles. The SMILES string of the molecule is C[n+]1cn(-c2cccc(Oc3cc4c(cc3C(C)(C)C)c3ccccc3n4-c3cc(C(C)(C)C)ccn3)c2)c2ccccc21. The van der Waals surface area contributed by atoms with Crippen LogP contribution in [0.2, 0.25) is 0 Å². The van der Waals surface area contributed by atoms with Crippen molar-refractivity contribution >= 4 is 32.8 Å². The maximum atomic E-state index is 6.84. The second-order valence-electron chi connectivity index (χ2n) is 13.8. The van der Waals surface area contributed by atoms with E-state index in [-0.39, 0.29) is 10.8 Å². The minimum atomic E-state index is -0.140. The number of benzene rings is 4. The summed E-state index contributed by atoms with van der Waals surface area (Å²) in [6.45, 7) is 13.5. The first-order valence-corrected chi connectivity index (χ1v) is 15.3. The van der Waals surface area contributed by atoms with Gasteiger partial charge in [-0.05, 0) is 64.9 Å². The molecule has 3 aromatic heterocycles. The van der Waals surface area contributed by atoms with Crippen molar-refractivity contribution in [1.29, 1.82) is 0 Å². The molecule has 7 rings (SSSR count). The Bertz CT molecular complexity index is 2190. The van der Waals surface area contributed by atoms with Gasteiger partial charge in [-0.25, -0.2) is 9.55 Å². The zero-order chi connectivity index (χ0) is 30.8. The lowest BCUT2D eigenvalue weighted by Gasteiger charge is -2.23. The molecule has 0 aliphatic carbocycles. The van der Waals surface area contributed by atoms with Gasteiger partial charge in [-0.15, -0.1) is 0 Å². The Morgan fingerprint density at radius 2 is 1.43 bits per heavy atom. The van der Waals surface area contributed by atoms with E-state index in [0.29, 0.717) is 0 Å². The van der Waals surface area contributed by atoms with Gasteiger partial charge >= 0.3 is 0 Å². The number of aryl methyl sites for hydroxylation is 1. The maximum absolute atomic E-state index is 6.84. The zero-order valence-corrected chi connectivity index (χ0v) is 26.6. The molecule has 0 aliphatic rings. The summed E-state index contributed by atoms with van der Waals surface area (Å²) in [4.78, 5) is 4.87. The summed E-state index contributed by atoms with van der Waals surface area (Å²) in [7, 11) is 2.08. The second kappa shape index (κ2) is 10.1. The van der Waals surface area contributed by atoms with E-state index < -0.39 is 0 Å². The first-order chi connectivity index (χ1) is 21.0. The molecule has 4 aromatic carbocycles. The van der Waals surface area contributed by atoms with Gasteiger partial charge in [0.25, 0.3) is 0 Å². The Labute approximate surface area is 259 Å². The van der Waals surface area contributed by atoms with Gasteiger partial charge in [-0.1, -0.05) is 77.9 Å². The number of aromatic nitrogens is 4. The molecule has 0 radical (unpaired) electrons. The number of rotatable bonds is 4. The predicted octanol–water partition coefficient (Wildman–Crippen LogP) is 9.33. The van der Waals surface area contributed by atoms with Crippen LogP contribution in [-0.4, -0.2) is 14.1 Å². The summed E-state index contributed by atoms with van der Waals surface area (Å²) in [5.74, 6) is 2.55. The molecular weight excluding hydrogens is 540 g/mol. The number of pyridine rings is 1. The van der Waals surface area contributed by atoms with E-state index in [4.69, 9.17) is 9.72 Å². The molecule has 3 heterocycles. The van der Waals surface area contributed by atoms with Crippen LogP contribution in [0.4, 0.5) is 0 Å². The Morgan fingerprint density at radius 1 is 0.682 bits per heavy atom. The van der Waals surface area contributed by atoms with Gasteiger partial charge in [0, 0.05) is 34.7 Å². The molecule has 0 N–H and O–H groups in total. The standard InChI is InChI=1S/C39H39N4O/c1-38(2,3)26-19-20-40-37(21-26)43-32-16-9-8-15-29(32)30-23-31(39(4,5)6)36(24-35(30)43)44-28-14-12-13-27(22-28)42-25-41(7)33-17-10-11-18-34(33)42/h8-25H,1-7H3/q+1. The number of fused-ring (bicyclic) bond motifs is 4. The maximum Gasteiger partial charge on any atom is 0.249 e. The molecule has 0 saturated carbocycles. The van der Waals surface area contributed by atoms with Crippen molar-refractivity contribution in [2.24, 2.45) is 7.05 Å². The van der Waals surface area contributed by atoms with Crippen molar-refractivity contribution < 1.29 is 9.30 Å². The van der Waals surface area contributed by atoms with Crippen LogP contribution >= 0.6 is 0 Å². The number of hydrogen-bond acceptors (Lipinski definition) is 2. The van der Waals surface area contributed by atoms with Gasteiger partial charge < -0.3 is 4.74 Å². The monoisotopic (exact) mass is 579 g/mol. The van der Waals surface area contributed by atoms with Crippen LogP contribution in [0.1, 0.15) is 52.7 Å². The molecule has 0 saturated heterocycles. The van der Waals surface area contributed by atoms with E-state index in [1.807, 2.05) is 12.3 Å². The van der Waals surface area contributed by atoms with Crippen LogP contribution in [0.25, 0.3) is 44.3 Å². The van der Waals surface area contributed by atoms with E-state index in [9.17, 15) is 0 Å². The van der Waals surface area contributed by atoms with E-state index in [0.717, 1.165) is 45.1 Å². The third kappa shape index (κ3) is 4.73. The molecule has 7 aromatic rings. The van der Waals surface area contributed by atoms with Crippen molar-refractivity contribution in [2.75, 3.05) is 0 Å². The number of ether oxygens (including phenoxy) is 1. The first kappa shape index (κ1) is 27.9. The van der Waals surface area contributed by atoms with Gasteiger partial charge in [0.2, 0.25) is 6.33 Å². The molecule has 0 unspecified atom stereocenters. The van der Waals surface area contributed by atoms with Gasteiger partial charge in [0.15, 0.2) is 11.0 Å². The minimum absolute atomic E-state index is 0.0111. The smallest absolute Gasteiger partial charge is 0.249 e. The lowest BCUT2D eigenvalue weighted by atomic mass is 9.85. The van der Waals surface area contributed by atoms with E-state index in [2.05, 4.69) is 160 Å². The molecular formula is C39H39N4O+.